The van der Waals surface area contributed by atoms with Crippen LogP contribution in [0.1, 0.15) is 37.3 Å². The van der Waals surface area contributed by atoms with Gasteiger partial charge in [0, 0.05) is 33.7 Å². The zero-order valence-electron chi connectivity index (χ0n) is 15.0. The molecular formula is C20H26N2O2+2. The highest BCUT2D eigenvalue weighted by atomic mass is 16.7. The van der Waals surface area contributed by atoms with Crippen LogP contribution in [0.15, 0.2) is 36.4 Å². The molecule has 0 unspecified atom stereocenters. The van der Waals surface area contributed by atoms with Crippen LogP contribution >= 0.6 is 0 Å². The molecule has 126 valence electrons. The standard InChI is InChI=1S/C20H26N2O2/c1-5-6-7-8-16-10-12-18-20(14-16)22(24-4)19-13-15(2)9-11-17(19)21(18)23-3/h9-14H,5-8H2,1-4H3/q+2. The number of aryl methyl sites for hydroxylation is 2. The van der Waals surface area contributed by atoms with Crippen LogP contribution < -0.4 is 19.1 Å². The highest BCUT2D eigenvalue weighted by molar-refractivity contribution is 5.76. The van der Waals surface area contributed by atoms with Crippen molar-refractivity contribution in [1.82, 2.24) is 0 Å². The van der Waals surface area contributed by atoms with Crippen LogP contribution in [0.4, 0.5) is 0 Å². The number of unbranched alkanes of at least 4 members (excludes halogenated alkanes) is 2. The second kappa shape index (κ2) is 7.04. The second-order valence-corrected chi connectivity index (χ2v) is 6.23. The zero-order valence-corrected chi connectivity index (χ0v) is 15.0. The Labute approximate surface area is 143 Å². The van der Waals surface area contributed by atoms with E-state index in [0.717, 1.165) is 28.5 Å². The molecule has 24 heavy (non-hydrogen) atoms. The summed E-state index contributed by atoms with van der Waals surface area (Å²) >= 11 is 0. The molecule has 0 N–H and O–H groups in total. The number of rotatable bonds is 6. The molecular weight excluding hydrogens is 300 g/mol. The van der Waals surface area contributed by atoms with Crippen molar-refractivity contribution in [3.8, 4) is 0 Å². The smallest absolute Gasteiger partial charge is 0.273 e. The van der Waals surface area contributed by atoms with E-state index in [1.807, 2.05) is 9.46 Å². The fourth-order valence-electron chi connectivity index (χ4n) is 3.26. The van der Waals surface area contributed by atoms with Gasteiger partial charge in [0.1, 0.15) is 14.2 Å². The van der Waals surface area contributed by atoms with Gasteiger partial charge in [-0.05, 0) is 30.9 Å². The van der Waals surface area contributed by atoms with Crippen LogP contribution in [0.3, 0.4) is 0 Å². The molecule has 0 radical (unpaired) electrons. The van der Waals surface area contributed by atoms with Gasteiger partial charge in [0.15, 0.2) is 0 Å². The van der Waals surface area contributed by atoms with Gasteiger partial charge < -0.3 is 0 Å². The van der Waals surface area contributed by atoms with Gasteiger partial charge in [-0.1, -0.05) is 31.9 Å². The van der Waals surface area contributed by atoms with Crippen molar-refractivity contribution in [1.29, 1.82) is 0 Å². The summed E-state index contributed by atoms with van der Waals surface area (Å²) in [6.45, 7) is 4.32. The third-order valence-corrected chi connectivity index (χ3v) is 4.48. The van der Waals surface area contributed by atoms with E-state index >= 15 is 0 Å². The van der Waals surface area contributed by atoms with Crippen molar-refractivity contribution >= 4 is 22.1 Å². The SMILES string of the molecule is CCCCCc1ccc2c(c1)[n+](OC)c1cc(C)ccc1[n+]2OC. The Morgan fingerprint density at radius 3 is 2.08 bits per heavy atom. The Bertz CT molecular complexity index is 875. The maximum atomic E-state index is 5.72. The van der Waals surface area contributed by atoms with Gasteiger partial charge in [-0.3, -0.25) is 9.68 Å². The molecule has 0 aliphatic heterocycles. The van der Waals surface area contributed by atoms with Crippen LogP contribution in [-0.2, 0) is 6.42 Å². The number of hydrogen-bond donors (Lipinski definition) is 0. The van der Waals surface area contributed by atoms with Gasteiger partial charge in [0.2, 0.25) is 0 Å². The van der Waals surface area contributed by atoms with E-state index in [1.54, 1.807) is 14.2 Å². The van der Waals surface area contributed by atoms with Crippen molar-refractivity contribution in [2.45, 2.75) is 39.5 Å². The van der Waals surface area contributed by atoms with Crippen molar-refractivity contribution < 1.29 is 19.1 Å². The summed E-state index contributed by atoms with van der Waals surface area (Å²) in [5.74, 6) is 0. The van der Waals surface area contributed by atoms with E-state index in [1.165, 1.54) is 30.4 Å². The first-order chi connectivity index (χ1) is 11.7. The molecule has 0 saturated heterocycles. The van der Waals surface area contributed by atoms with Crippen LogP contribution in [0.25, 0.3) is 22.1 Å². The Kier molecular flexibility index (Phi) is 4.84. The lowest BCUT2D eigenvalue weighted by Gasteiger charge is -2.04. The lowest BCUT2D eigenvalue weighted by Crippen LogP contribution is -2.51. The molecule has 0 aliphatic carbocycles. The van der Waals surface area contributed by atoms with E-state index in [2.05, 4.69) is 50.2 Å². The number of fused-ring (bicyclic) bond motifs is 2. The Morgan fingerprint density at radius 1 is 0.792 bits per heavy atom. The number of hydrogen-bond acceptors (Lipinski definition) is 2. The third-order valence-electron chi connectivity index (χ3n) is 4.48. The largest absolute Gasteiger partial charge is 0.334 e. The quantitative estimate of drug-likeness (QED) is 0.395. The summed E-state index contributed by atoms with van der Waals surface area (Å²) in [7, 11) is 3.41. The first-order valence-electron chi connectivity index (χ1n) is 8.61. The monoisotopic (exact) mass is 326 g/mol. The molecule has 0 bridgehead atoms. The van der Waals surface area contributed by atoms with E-state index in [4.69, 9.17) is 9.68 Å². The fraction of sp³-hybridized carbons (Fsp3) is 0.400. The molecule has 1 aromatic heterocycles. The first-order valence-corrected chi connectivity index (χ1v) is 8.61. The second-order valence-electron chi connectivity index (χ2n) is 6.23. The summed E-state index contributed by atoms with van der Waals surface area (Å²) in [4.78, 5) is 11.4. The summed E-state index contributed by atoms with van der Waals surface area (Å²) in [5.41, 5.74) is 6.51. The molecule has 0 aliphatic rings. The van der Waals surface area contributed by atoms with Gasteiger partial charge in [-0.2, -0.15) is 0 Å². The van der Waals surface area contributed by atoms with Gasteiger partial charge in [-0.15, -0.1) is 0 Å². The molecule has 1 heterocycles. The summed E-state index contributed by atoms with van der Waals surface area (Å²) in [5, 5.41) is 0. The topological polar surface area (TPSA) is 26.2 Å². The van der Waals surface area contributed by atoms with Crippen LogP contribution in [0.2, 0.25) is 0 Å². The number of benzene rings is 2. The number of nitrogens with zero attached hydrogens (tertiary/aromatic N) is 2. The average Bonchev–Trinajstić information content (AvgIpc) is 2.59. The van der Waals surface area contributed by atoms with E-state index in [9.17, 15) is 0 Å². The normalized spacial score (nSPS) is 11.2. The molecule has 0 atom stereocenters. The highest BCUT2D eigenvalue weighted by Crippen LogP contribution is 2.16. The van der Waals surface area contributed by atoms with Crippen LogP contribution in [0.5, 0.6) is 0 Å². The van der Waals surface area contributed by atoms with E-state index < -0.39 is 0 Å². The highest BCUT2D eigenvalue weighted by Gasteiger charge is 2.30. The predicted octanol–water partition coefficient (Wildman–Crippen LogP) is 2.73. The van der Waals surface area contributed by atoms with Crippen molar-refractivity contribution in [2.75, 3.05) is 14.2 Å². The average molecular weight is 326 g/mol. The summed E-state index contributed by atoms with van der Waals surface area (Å²) in [6, 6.07) is 12.8. The predicted molar refractivity (Wildman–Crippen MR) is 94.8 cm³/mol. The molecule has 4 heteroatoms. The maximum absolute atomic E-state index is 5.72. The fourth-order valence-corrected chi connectivity index (χ4v) is 3.26. The van der Waals surface area contributed by atoms with Gasteiger partial charge in [0.05, 0.1) is 0 Å². The van der Waals surface area contributed by atoms with Gasteiger partial charge in [0.25, 0.3) is 0 Å². The third kappa shape index (κ3) is 2.88. The number of aromatic nitrogens is 2. The van der Waals surface area contributed by atoms with Crippen molar-refractivity contribution in [3.63, 3.8) is 0 Å². The minimum atomic E-state index is 0.983. The molecule has 2 aromatic carbocycles. The first kappa shape index (κ1) is 16.5. The van der Waals surface area contributed by atoms with Gasteiger partial charge >= 0.3 is 22.1 Å². The lowest BCUT2D eigenvalue weighted by atomic mass is 10.1. The Hall–Kier alpha value is -2.36. The van der Waals surface area contributed by atoms with Crippen molar-refractivity contribution in [2.24, 2.45) is 0 Å². The Morgan fingerprint density at radius 2 is 1.42 bits per heavy atom. The van der Waals surface area contributed by atoms with Crippen LogP contribution in [0, 0.1) is 6.92 Å². The van der Waals surface area contributed by atoms with E-state index in [0.29, 0.717) is 0 Å². The zero-order chi connectivity index (χ0) is 17.1. The molecule has 0 spiro atoms. The van der Waals surface area contributed by atoms with Crippen LogP contribution in [-0.4, -0.2) is 14.2 Å². The maximum Gasteiger partial charge on any atom is 0.334 e. The van der Waals surface area contributed by atoms with E-state index in [-0.39, 0.29) is 0 Å². The molecule has 3 aromatic rings. The lowest BCUT2D eigenvalue weighted by molar-refractivity contribution is -0.875. The van der Waals surface area contributed by atoms with Gasteiger partial charge in [-0.25, -0.2) is 0 Å². The summed E-state index contributed by atoms with van der Waals surface area (Å²) in [6.07, 6.45) is 4.80. The minimum Gasteiger partial charge on any atom is -0.273 e. The molecule has 0 fully saturated rings. The van der Waals surface area contributed by atoms with Crippen molar-refractivity contribution in [3.05, 3.63) is 47.5 Å². The molecule has 0 saturated carbocycles. The molecule has 0 amide bonds. The Balaban J connectivity index is 2.26. The summed E-state index contributed by atoms with van der Waals surface area (Å²) < 4.78 is 3.77. The molecule has 3 rings (SSSR count). The molecule has 4 nitrogen and oxygen atoms in total. The minimum absolute atomic E-state index is 0.983.